The van der Waals surface area contributed by atoms with Crippen LogP contribution in [0.1, 0.15) is 11.1 Å². The maximum absolute atomic E-state index is 13.0. The molecule has 0 radical (unpaired) electrons. The molecule has 26 heavy (non-hydrogen) atoms. The topological polar surface area (TPSA) is 49.9 Å². The van der Waals surface area contributed by atoms with Crippen LogP contribution in [0.4, 0.5) is 10.5 Å². The van der Waals surface area contributed by atoms with Crippen molar-refractivity contribution in [2.45, 2.75) is 18.2 Å². The first-order valence-corrected chi connectivity index (χ1v) is 9.45. The van der Waals surface area contributed by atoms with Gasteiger partial charge >= 0.3 is 6.09 Å². The number of allylic oxidation sites excluding steroid dienone is 1. The van der Waals surface area contributed by atoms with Crippen LogP contribution < -0.4 is 9.64 Å². The molecule has 0 saturated heterocycles. The number of anilines is 1. The van der Waals surface area contributed by atoms with Gasteiger partial charge in [0.05, 0.1) is 10.8 Å². The monoisotopic (exact) mass is 370 g/mol. The molecule has 0 bridgehead atoms. The summed E-state index contributed by atoms with van der Waals surface area (Å²) in [7, 11) is 3.92. The molecule has 1 aliphatic rings. The largest absolute Gasteiger partial charge is 0.414 e. The lowest BCUT2D eigenvalue weighted by atomic mass is 10.0. The summed E-state index contributed by atoms with van der Waals surface area (Å²) in [4.78, 5) is 16.8. The molecule has 2 aromatic carbocycles. The molecule has 5 nitrogen and oxygen atoms in total. The summed E-state index contributed by atoms with van der Waals surface area (Å²) in [5, 5.41) is 0. The van der Waals surface area contributed by atoms with E-state index in [1.807, 2.05) is 61.5 Å². The van der Waals surface area contributed by atoms with Crippen molar-refractivity contribution in [1.82, 2.24) is 4.90 Å². The van der Waals surface area contributed by atoms with Crippen molar-refractivity contribution in [2.24, 2.45) is 0 Å². The normalized spacial score (nSPS) is 14.3. The fraction of sp³-hybridized carbons (Fsp3) is 0.250. The lowest BCUT2D eigenvalue weighted by Crippen LogP contribution is -2.26. The van der Waals surface area contributed by atoms with Gasteiger partial charge in [-0.15, -0.1) is 0 Å². The van der Waals surface area contributed by atoms with Gasteiger partial charge in [-0.1, -0.05) is 23.8 Å². The van der Waals surface area contributed by atoms with E-state index in [-0.39, 0.29) is 0 Å². The van der Waals surface area contributed by atoms with E-state index >= 15 is 0 Å². The van der Waals surface area contributed by atoms with E-state index in [0.717, 1.165) is 26.6 Å². The van der Waals surface area contributed by atoms with Gasteiger partial charge in [-0.25, -0.2) is 9.00 Å². The molecule has 0 saturated carbocycles. The van der Waals surface area contributed by atoms with E-state index in [4.69, 9.17) is 4.74 Å². The highest BCUT2D eigenvalue weighted by Crippen LogP contribution is 2.36. The number of benzene rings is 2. The highest BCUT2D eigenvalue weighted by atomic mass is 32.2. The maximum atomic E-state index is 13.0. The summed E-state index contributed by atoms with van der Waals surface area (Å²) in [5.74, 6) is 0.500. The van der Waals surface area contributed by atoms with Gasteiger partial charge in [0.2, 0.25) is 0 Å². The van der Waals surface area contributed by atoms with E-state index < -0.39 is 16.9 Å². The van der Waals surface area contributed by atoms with Crippen molar-refractivity contribution in [1.29, 1.82) is 0 Å². The van der Waals surface area contributed by atoms with Crippen LogP contribution in [0, 0.1) is 6.92 Å². The minimum atomic E-state index is -1.27. The fourth-order valence-corrected chi connectivity index (χ4v) is 3.99. The Morgan fingerprint density at radius 2 is 1.85 bits per heavy atom. The van der Waals surface area contributed by atoms with Gasteiger partial charge in [0.1, 0.15) is 5.75 Å². The summed E-state index contributed by atoms with van der Waals surface area (Å²) < 4.78 is 18.5. The quantitative estimate of drug-likeness (QED) is 0.827. The van der Waals surface area contributed by atoms with E-state index in [1.54, 1.807) is 20.2 Å². The Hall–Kier alpha value is -2.60. The molecule has 0 aliphatic carbocycles. The number of carbonyl (C=O) groups excluding carboxylic acids is 1. The molecular formula is C20H22N2O3S. The lowest BCUT2D eigenvalue weighted by Gasteiger charge is -2.27. The minimum absolute atomic E-state index is 0.434. The van der Waals surface area contributed by atoms with Crippen LogP contribution in [0.15, 0.2) is 58.5 Å². The molecule has 1 heterocycles. The molecule has 6 heteroatoms. The molecule has 136 valence electrons. The first-order valence-electron chi connectivity index (χ1n) is 8.30. The number of aryl methyl sites for hydroxylation is 1. The first kappa shape index (κ1) is 18.2. The van der Waals surface area contributed by atoms with Gasteiger partial charge in [-0.2, -0.15) is 0 Å². The first-order chi connectivity index (χ1) is 12.4. The second kappa shape index (κ2) is 7.33. The average molecular weight is 370 g/mol. The summed E-state index contributed by atoms with van der Waals surface area (Å²) in [6.45, 7) is 2.00. The summed E-state index contributed by atoms with van der Waals surface area (Å²) in [6, 6.07) is 13.3. The summed E-state index contributed by atoms with van der Waals surface area (Å²) >= 11 is 0. The lowest BCUT2D eigenvalue weighted by molar-refractivity contribution is 0.171. The van der Waals surface area contributed by atoms with Crippen LogP contribution in [0.5, 0.6) is 5.75 Å². The van der Waals surface area contributed by atoms with E-state index in [1.165, 1.54) is 4.90 Å². The number of amides is 1. The fourth-order valence-electron chi connectivity index (χ4n) is 2.78. The second-order valence-corrected chi connectivity index (χ2v) is 8.01. The van der Waals surface area contributed by atoms with E-state index in [2.05, 4.69) is 0 Å². The molecule has 1 amide bonds. The molecule has 2 aromatic rings. The van der Waals surface area contributed by atoms with Crippen molar-refractivity contribution < 1.29 is 13.7 Å². The zero-order chi connectivity index (χ0) is 18.8. The van der Waals surface area contributed by atoms with Crippen LogP contribution in [0.3, 0.4) is 0 Å². The van der Waals surface area contributed by atoms with Crippen molar-refractivity contribution in [2.75, 3.05) is 26.0 Å². The highest BCUT2D eigenvalue weighted by Gasteiger charge is 2.24. The van der Waals surface area contributed by atoms with Crippen LogP contribution in [0.2, 0.25) is 0 Å². The third-order valence-electron chi connectivity index (χ3n) is 4.21. The van der Waals surface area contributed by atoms with Gasteiger partial charge in [0.15, 0.2) is 0 Å². The van der Waals surface area contributed by atoms with E-state index in [9.17, 15) is 9.00 Å². The van der Waals surface area contributed by atoms with Crippen LogP contribution in [-0.2, 0) is 17.2 Å². The Labute approximate surface area is 156 Å². The number of fused-ring (bicyclic) bond motifs is 1. The molecule has 3 rings (SSSR count). The smallest absolute Gasteiger partial charge is 0.410 e. The molecule has 0 N–H and O–H groups in total. The molecule has 0 spiro atoms. The van der Waals surface area contributed by atoms with Gasteiger partial charge < -0.3 is 14.5 Å². The molecule has 0 aromatic heterocycles. The molecular weight excluding hydrogens is 348 g/mol. The maximum Gasteiger partial charge on any atom is 0.414 e. The standard InChI is InChI=1S/C20H22N2O3S/c1-14-8-10-15(11-9-14)26(24)16-12-17-18(22(4)13-16)6-5-7-19(17)25-20(23)21(2)3/h5-11,13H,12H2,1-4H3. The number of ether oxygens (including phenoxy) is 1. The molecule has 0 fully saturated rings. The molecule has 1 aliphatic heterocycles. The van der Waals surface area contributed by atoms with Gasteiger partial charge in [0, 0.05) is 54.8 Å². The van der Waals surface area contributed by atoms with E-state index in [0.29, 0.717) is 12.2 Å². The number of hydrogen-bond acceptors (Lipinski definition) is 4. The Morgan fingerprint density at radius 3 is 2.50 bits per heavy atom. The SMILES string of the molecule is Cc1ccc(S(=O)C2=CN(C)c3cccc(OC(=O)N(C)C)c3C2)cc1. The zero-order valence-corrected chi connectivity index (χ0v) is 16.2. The third kappa shape index (κ3) is 3.65. The van der Waals surface area contributed by atoms with Crippen LogP contribution in [-0.4, -0.2) is 36.3 Å². The van der Waals surface area contributed by atoms with Gasteiger partial charge in [0.25, 0.3) is 0 Å². The third-order valence-corrected chi connectivity index (χ3v) is 5.64. The Kier molecular flexibility index (Phi) is 5.13. The molecule has 1 unspecified atom stereocenters. The Balaban J connectivity index is 1.93. The number of nitrogens with zero attached hydrogens (tertiary/aromatic N) is 2. The van der Waals surface area contributed by atoms with Crippen LogP contribution in [0.25, 0.3) is 0 Å². The second-order valence-electron chi connectivity index (χ2n) is 6.48. The van der Waals surface area contributed by atoms with Gasteiger partial charge in [-0.3, -0.25) is 0 Å². The minimum Gasteiger partial charge on any atom is -0.410 e. The number of hydrogen-bond donors (Lipinski definition) is 0. The van der Waals surface area contributed by atoms with Crippen molar-refractivity contribution in [3.8, 4) is 5.75 Å². The summed E-state index contributed by atoms with van der Waals surface area (Å²) in [6.07, 6.45) is 1.93. The van der Waals surface area contributed by atoms with Crippen molar-refractivity contribution >= 4 is 22.6 Å². The number of carbonyl (C=O) groups is 1. The predicted molar refractivity (Wildman–Crippen MR) is 104 cm³/mol. The average Bonchev–Trinajstić information content (AvgIpc) is 2.62. The molecule has 1 atom stereocenters. The van der Waals surface area contributed by atoms with Crippen LogP contribution >= 0.6 is 0 Å². The van der Waals surface area contributed by atoms with Crippen molar-refractivity contribution in [3.63, 3.8) is 0 Å². The van der Waals surface area contributed by atoms with Crippen molar-refractivity contribution in [3.05, 3.63) is 64.7 Å². The highest BCUT2D eigenvalue weighted by molar-refractivity contribution is 7.89. The predicted octanol–water partition coefficient (Wildman–Crippen LogP) is 3.70. The Morgan fingerprint density at radius 1 is 1.15 bits per heavy atom. The Bertz CT molecular complexity index is 888. The van der Waals surface area contributed by atoms with Gasteiger partial charge in [-0.05, 0) is 31.2 Å². The zero-order valence-electron chi connectivity index (χ0n) is 15.4. The summed E-state index contributed by atoms with van der Waals surface area (Å²) in [5.41, 5.74) is 2.94. The number of rotatable bonds is 3.